The Morgan fingerprint density at radius 2 is 2.07 bits per heavy atom. The number of rotatable bonds is 0. The number of hydrogen-bond donors (Lipinski definition) is 2. The van der Waals surface area contributed by atoms with E-state index in [0.717, 1.165) is 6.07 Å². The number of cyclic esters (lactones) is 1. The summed E-state index contributed by atoms with van der Waals surface area (Å²) in [5, 5.41) is 18.2. The van der Waals surface area contributed by atoms with Gasteiger partial charge in [-0.15, -0.1) is 11.6 Å². The van der Waals surface area contributed by atoms with Crippen LogP contribution in [0.1, 0.15) is 28.2 Å². The summed E-state index contributed by atoms with van der Waals surface area (Å²) in [6.45, 7) is 1.65. The highest BCUT2D eigenvalue weighted by atomic mass is 35.5. The van der Waals surface area contributed by atoms with E-state index in [-0.39, 0.29) is 17.1 Å². The van der Waals surface area contributed by atoms with E-state index < -0.39 is 17.5 Å². The molecule has 0 unspecified atom stereocenters. The van der Waals surface area contributed by atoms with Gasteiger partial charge in [0.25, 0.3) is 0 Å². The zero-order chi connectivity index (χ0) is 11.2. The Morgan fingerprint density at radius 1 is 1.40 bits per heavy atom. The van der Waals surface area contributed by atoms with Gasteiger partial charge in [0.2, 0.25) is 0 Å². The molecule has 15 heavy (non-hydrogen) atoms. The number of hydrogen-bond acceptors (Lipinski definition) is 4. The molecule has 0 aliphatic carbocycles. The number of phenolic OH excluding ortho intramolecular Hbond substituents is 2. The van der Waals surface area contributed by atoms with Crippen LogP contribution in [-0.4, -0.2) is 22.3 Å². The van der Waals surface area contributed by atoms with E-state index >= 15 is 0 Å². The number of fused-ring (bicyclic) bond motifs is 1. The molecule has 1 heterocycles. The van der Waals surface area contributed by atoms with E-state index in [9.17, 15) is 15.0 Å². The van der Waals surface area contributed by atoms with Gasteiger partial charge in [0.05, 0.1) is 5.38 Å². The Balaban J connectivity index is 2.65. The van der Waals surface area contributed by atoms with Gasteiger partial charge < -0.3 is 14.9 Å². The third-order valence-corrected chi connectivity index (χ3v) is 2.93. The summed E-state index contributed by atoms with van der Waals surface area (Å²) in [5.41, 5.74) is 0.434. The van der Waals surface area contributed by atoms with Gasteiger partial charge in [-0.3, -0.25) is 0 Å². The van der Waals surface area contributed by atoms with E-state index in [0.29, 0.717) is 5.56 Å². The molecule has 4 nitrogen and oxygen atoms in total. The van der Waals surface area contributed by atoms with Crippen molar-refractivity contribution in [2.24, 2.45) is 0 Å². The smallest absolute Gasteiger partial charge is 0.342 e. The Bertz CT molecular complexity index is 430. The maximum atomic E-state index is 11.5. The van der Waals surface area contributed by atoms with Crippen LogP contribution in [0.5, 0.6) is 11.5 Å². The summed E-state index contributed by atoms with van der Waals surface area (Å²) in [6, 6.07) is 2.45. The summed E-state index contributed by atoms with van der Waals surface area (Å²) in [6.07, 6.45) is -0.479. The molecule has 2 atom stereocenters. The van der Waals surface area contributed by atoms with Crippen molar-refractivity contribution in [2.45, 2.75) is 18.4 Å². The molecule has 1 aliphatic rings. The highest BCUT2D eigenvalue weighted by molar-refractivity contribution is 6.22. The minimum absolute atomic E-state index is 0.0332. The maximum Gasteiger partial charge on any atom is 0.342 e. The lowest BCUT2D eigenvalue weighted by molar-refractivity contribution is 0.0284. The molecule has 0 amide bonds. The number of carbonyl (C=O) groups excluding carboxylic acids is 1. The van der Waals surface area contributed by atoms with Gasteiger partial charge in [-0.2, -0.15) is 0 Å². The Morgan fingerprint density at radius 3 is 2.73 bits per heavy atom. The van der Waals surface area contributed by atoms with Crippen LogP contribution in [0.2, 0.25) is 0 Å². The fourth-order valence-corrected chi connectivity index (χ4v) is 1.84. The van der Waals surface area contributed by atoms with Crippen LogP contribution in [-0.2, 0) is 4.74 Å². The van der Waals surface area contributed by atoms with Crippen LogP contribution < -0.4 is 0 Å². The zero-order valence-corrected chi connectivity index (χ0v) is 8.65. The van der Waals surface area contributed by atoms with Crippen molar-refractivity contribution in [3.63, 3.8) is 0 Å². The van der Waals surface area contributed by atoms with Crippen molar-refractivity contribution in [3.05, 3.63) is 23.3 Å². The number of esters is 1. The molecule has 0 fully saturated rings. The molecular formula is C10H9ClO4. The average Bonchev–Trinajstić information content (AvgIpc) is 2.12. The number of alkyl halides is 1. The molecule has 0 spiro atoms. The Hall–Kier alpha value is -1.42. The van der Waals surface area contributed by atoms with Gasteiger partial charge in [0.1, 0.15) is 23.2 Å². The predicted octanol–water partition coefficient (Wildman–Crippen LogP) is 1.94. The normalized spacial score (nSPS) is 24.5. The topological polar surface area (TPSA) is 66.8 Å². The second kappa shape index (κ2) is 3.31. The first-order chi connectivity index (χ1) is 7.00. The number of phenols is 2. The molecule has 2 rings (SSSR count). The number of ether oxygens (including phenoxy) is 1. The summed E-state index contributed by atoms with van der Waals surface area (Å²) in [5.74, 6) is -1.06. The quantitative estimate of drug-likeness (QED) is 0.526. The third-order valence-electron chi connectivity index (χ3n) is 2.34. The predicted molar refractivity (Wildman–Crippen MR) is 53.2 cm³/mol. The van der Waals surface area contributed by atoms with Crippen LogP contribution in [0.15, 0.2) is 12.1 Å². The summed E-state index contributed by atoms with van der Waals surface area (Å²) in [7, 11) is 0. The lowest BCUT2D eigenvalue weighted by Gasteiger charge is -2.26. The van der Waals surface area contributed by atoms with E-state index in [2.05, 4.69) is 0 Å². The van der Waals surface area contributed by atoms with Crippen molar-refractivity contribution >= 4 is 17.6 Å². The standard InChI is InChI=1S/C10H9ClO4/c1-4-9(11)6-2-5(12)3-7(13)8(6)10(14)15-4/h2-4,9,12-13H,1H3/t4-,9+/m1/s1. The van der Waals surface area contributed by atoms with Crippen molar-refractivity contribution in [1.29, 1.82) is 0 Å². The molecule has 0 saturated carbocycles. The number of carbonyl (C=O) groups is 1. The van der Waals surface area contributed by atoms with Gasteiger partial charge in [0, 0.05) is 6.07 Å². The highest BCUT2D eigenvalue weighted by Gasteiger charge is 2.34. The lowest BCUT2D eigenvalue weighted by atomic mass is 9.97. The third kappa shape index (κ3) is 1.51. The second-order valence-electron chi connectivity index (χ2n) is 3.44. The Kier molecular flexibility index (Phi) is 2.23. The molecule has 0 bridgehead atoms. The van der Waals surface area contributed by atoms with Crippen molar-refractivity contribution in [2.75, 3.05) is 0 Å². The zero-order valence-electron chi connectivity index (χ0n) is 7.90. The van der Waals surface area contributed by atoms with Crippen molar-refractivity contribution in [3.8, 4) is 11.5 Å². The molecule has 1 aromatic carbocycles. The van der Waals surface area contributed by atoms with E-state index in [4.69, 9.17) is 16.3 Å². The molecular weight excluding hydrogens is 220 g/mol. The maximum absolute atomic E-state index is 11.5. The van der Waals surface area contributed by atoms with E-state index in [1.807, 2.05) is 0 Å². The fourth-order valence-electron chi connectivity index (χ4n) is 1.61. The first kappa shape index (κ1) is 10.1. The average molecular weight is 229 g/mol. The van der Waals surface area contributed by atoms with Crippen molar-refractivity contribution < 1.29 is 19.7 Å². The summed E-state index contributed by atoms with van der Waals surface area (Å²) >= 11 is 6.01. The van der Waals surface area contributed by atoms with Crippen LogP contribution in [0, 0.1) is 0 Å². The van der Waals surface area contributed by atoms with Gasteiger partial charge in [0.15, 0.2) is 0 Å². The molecule has 0 aromatic heterocycles. The van der Waals surface area contributed by atoms with Crippen LogP contribution in [0.4, 0.5) is 0 Å². The summed E-state index contributed by atoms with van der Waals surface area (Å²) < 4.78 is 4.93. The number of benzene rings is 1. The fraction of sp³-hybridized carbons (Fsp3) is 0.300. The van der Waals surface area contributed by atoms with Gasteiger partial charge in [-0.25, -0.2) is 4.79 Å². The van der Waals surface area contributed by atoms with Crippen LogP contribution in [0.25, 0.3) is 0 Å². The van der Waals surface area contributed by atoms with Gasteiger partial charge >= 0.3 is 5.97 Å². The first-order valence-corrected chi connectivity index (χ1v) is 4.85. The van der Waals surface area contributed by atoms with Gasteiger partial charge in [-0.1, -0.05) is 0 Å². The van der Waals surface area contributed by atoms with Crippen LogP contribution >= 0.6 is 11.6 Å². The molecule has 1 aliphatic heterocycles. The molecule has 1 aromatic rings. The second-order valence-corrected chi connectivity index (χ2v) is 3.91. The van der Waals surface area contributed by atoms with E-state index in [1.54, 1.807) is 6.92 Å². The molecule has 2 N–H and O–H groups in total. The number of aromatic hydroxyl groups is 2. The minimum atomic E-state index is -0.619. The largest absolute Gasteiger partial charge is 0.508 e. The van der Waals surface area contributed by atoms with Crippen molar-refractivity contribution in [1.82, 2.24) is 0 Å². The van der Waals surface area contributed by atoms with Gasteiger partial charge in [-0.05, 0) is 18.6 Å². The molecule has 5 heteroatoms. The van der Waals surface area contributed by atoms with Crippen LogP contribution in [0.3, 0.4) is 0 Å². The monoisotopic (exact) mass is 228 g/mol. The lowest BCUT2D eigenvalue weighted by Crippen LogP contribution is -2.27. The molecule has 80 valence electrons. The Labute approximate surface area is 91.1 Å². The summed E-state index contributed by atoms with van der Waals surface area (Å²) in [4.78, 5) is 11.5. The highest BCUT2D eigenvalue weighted by Crippen LogP contribution is 2.40. The molecule has 0 radical (unpaired) electrons. The SMILES string of the molecule is C[C@H]1OC(=O)c2c(O)cc(O)cc2[C@H]1Cl. The van der Waals surface area contributed by atoms with E-state index in [1.165, 1.54) is 6.07 Å². The molecule has 0 saturated heterocycles. The minimum Gasteiger partial charge on any atom is -0.508 e. The number of halogens is 1. The first-order valence-electron chi connectivity index (χ1n) is 4.41.